The van der Waals surface area contributed by atoms with Crippen molar-refractivity contribution in [3.63, 3.8) is 0 Å². The molecular formula is C17H22ClNO4S. The number of thiophene rings is 1. The molecular weight excluding hydrogens is 350 g/mol. The van der Waals surface area contributed by atoms with Crippen molar-refractivity contribution in [3.8, 4) is 0 Å². The molecule has 3 rings (SSSR count). The Kier molecular flexibility index (Phi) is 4.43. The summed E-state index contributed by atoms with van der Waals surface area (Å²) in [5, 5.41) is 0. The van der Waals surface area contributed by atoms with Crippen LogP contribution in [0.1, 0.15) is 55.8 Å². The van der Waals surface area contributed by atoms with E-state index in [0.29, 0.717) is 29.3 Å². The Hall–Kier alpha value is -1.11. The molecule has 1 aromatic rings. The molecule has 24 heavy (non-hydrogen) atoms. The van der Waals surface area contributed by atoms with E-state index in [4.69, 9.17) is 21.1 Å². The normalized spacial score (nSPS) is 27.3. The standard InChI is InChI=1S/C17H22ClNO4S/c1-10-8-17(5-6-19(10)15(21)23-16(2,3)4)14-11(7-13(18)24-14)12(20)9-22-17/h7,10H,5-6,8-9H2,1-4H3/t10-,17+/m0/s1. The first-order valence-corrected chi connectivity index (χ1v) is 9.27. The molecule has 1 saturated heterocycles. The Morgan fingerprint density at radius 3 is 2.83 bits per heavy atom. The molecule has 0 N–H and O–H groups in total. The first-order valence-electron chi connectivity index (χ1n) is 8.08. The van der Waals surface area contributed by atoms with Crippen molar-refractivity contribution in [2.75, 3.05) is 13.2 Å². The summed E-state index contributed by atoms with van der Waals surface area (Å²) < 4.78 is 12.1. The summed E-state index contributed by atoms with van der Waals surface area (Å²) in [5.41, 5.74) is -0.373. The van der Waals surface area contributed by atoms with Crippen LogP contribution in [0.4, 0.5) is 4.79 Å². The van der Waals surface area contributed by atoms with Gasteiger partial charge in [-0.25, -0.2) is 4.79 Å². The Balaban J connectivity index is 1.82. The molecule has 0 saturated carbocycles. The van der Waals surface area contributed by atoms with Crippen LogP contribution in [0.25, 0.3) is 0 Å². The van der Waals surface area contributed by atoms with Crippen molar-refractivity contribution in [1.29, 1.82) is 0 Å². The zero-order valence-electron chi connectivity index (χ0n) is 14.3. The van der Waals surface area contributed by atoms with Gasteiger partial charge in [-0.2, -0.15) is 0 Å². The van der Waals surface area contributed by atoms with Crippen molar-refractivity contribution in [2.24, 2.45) is 0 Å². The summed E-state index contributed by atoms with van der Waals surface area (Å²) in [5.74, 6) is -0.0269. The number of rotatable bonds is 0. The van der Waals surface area contributed by atoms with Crippen molar-refractivity contribution >= 4 is 34.8 Å². The number of amides is 1. The van der Waals surface area contributed by atoms with E-state index in [9.17, 15) is 9.59 Å². The monoisotopic (exact) mass is 371 g/mol. The van der Waals surface area contributed by atoms with Gasteiger partial charge in [-0.05, 0) is 40.2 Å². The number of ether oxygens (including phenoxy) is 2. The first-order chi connectivity index (χ1) is 11.1. The van der Waals surface area contributed by atoms with E-state index >= 15 is 0 Å². The first kappa shape index (κ1) is 17.7. The number of piperidine rings is 1. The predicted molar refractivity (Wildman–Crippen MR) is 92.9 cm³/mol. The Bertz CT molecular complexity index is 681. The number of carbonyl (C=O) groups is 2. The molecule has 0 aromatic carbocycles. The van der Waals surface area contributed by atoms with Gasteiger partial charge in [0.05, 0.1) is 4.34 Å². The van der Waals surface area contributed by atoms with Gasteiger partial charge in [0.15, 0.2) is 5.78 Å². The molecule has 0 aliphatic carbocycles. The van der Waals surface area contributed by atoms with E-state index in [1.807, 2.05) is 27.7 Å². The van der Waals surface area contributed by atoms with Crippen LogP contribution in [0.5, 0.6) is 0 Å². The number of likely N-dealkylation sites (tertiary alicyclic amines) is 1. The van der Waals surface area contributed by atoms with Gasteiger partial charge in [0.25, 0.3) is 0 Å². The highest BCUT2D eigenvalue weighted by Crippen LogP contribution is 2.48. The van der Waals surface area contributed by atoms with Crippen molar-refractivity contribution in [3.05, 3.63) is 20.8 Å². The molecule has 1 spiro atoms. The lowest BCUT2D eigenvalue weighted by atomic mass is 9.82. The van der Waals surface area contributed by atoms with Crippen LogP contribution in [-0.2, 0) is 15.1 Å². The minimum absolute atomic E-state index is 0.0269. The van der Waals surface area contributed by atoms with Crippen molar-refractivity contribution < 1.29 is 19.1 Å². The fourth-order valence-corrected chi connectivity index (χ4v) is 4.82. The number of carbonyl (C=O) groups excluding carboxylic acids is 2. The predicted octanol–water partition coefficient (Wildman–Crippen LogP) is 4.23. The Labute approximate surface area is 150 Å². The summed E-state index contributed by atoms with van der Waals surface area (Å²) in [6.07, 6.45) is 0.957. The van der Waals surface area contributed by atoms with Gasteiger partial charge in [0.1, 0.15) is 17.8 Å². The number of hydrogen-bond acceptors (Lipinski definition) is 5. The lowest BCUT2D eigenvalue weighted by molar-refractivity contribution is -0.0981. The minimum Gasteiger partial charge on any atom is -0.444 e. The zero-order chi connectivity index (χ0) is 17.7. The highest BCUT2D eigenvalue weighted by atomic mass is 35.5. The molecule has 0 bridgehead atoms. The van der Waals surface area contributed by atoms with Gasteiger partial charge in [0, 0.05) is 29.4 Å². The summed E-state index contributed by atoms with van der Waals surface area (Å²) >= 11 is 7.54. The maximum atomic E-state index is 12.4. The summed E-state index contributed by atoms with van der Waals surface area (Å²) in [7, 11) is 0. The third-order valence-electron chi connectivity index (χ3n) is 4.44. The molecule has 1 fully saturated rings. The zero-order valence-corrected chi connectivity index (χ0v) is 15.9. The third kappa shape index (κ3) is 3.19. The van der Waals surface area contributed by atoms with E-state index in [2.05, 4.69) is 0 Å². The van der Waals surface area contributed by atoms with Crippen LogP contribution in [0, 0.1) is 0 Å². The number of Topliss-reactive ketones (excluding diaryl/α,β-unsaturated/α-hetero) is 1. The van der Waals surface area contributed by atoms with Crippen LogP contribution >= 0.6 is 22.9 Å². The fourth-order valence-electron chi connectivity index (χ4n) is 3.39. The van der Waals surface area contributed by atoms with Crippen LogP contribution in [0.3, 0.4) is 0 Å². The number of halogens is 1. The van der Waals surface area contributed by atoms with E-state index in [1.165, 1.54) is 11.3 Å². The molecule has 1 amide bonds. The van der Waals surface area contributed by atoms with Gasteiger partial charge in [-0.15, -0.1) is 11.3 Å². The van der Waals surface area contributed by atoms with Gasteiger partial charge in [0.2, 0.25) is 0 Å². The highest BCUT2D eigenvalue weighted by molar-refractivity contribution is 7.16. The van der Waals surface area contributed by atoms with Crippen molar-refractivity contribution in [1.82, 2.24) is 4.90 Å². The van der Waals surface area contributed by atoms with E-state index < -0.39 is 11.2 Å². The Morgan fingerprint density at radius 1 is 1.50 bits per heavy atom. The molecule has 2 aliphatic heterocycles. The lowest BCUT2D eigenvalue weighted by Crippen LogP contribution is -2.53. The number of fused-ring (bicyclic) bond motifs is 2. The second-order valence-corrected chi connectivity index (χ2v) is 9.16. The lowest BCUT2D eigenvalue weighted by Gasteiger charge is -2.46. The number of hydrogen-bond donors (Lipinski definition) is 0. The minimum atomic E-state index is -0.529. The van der Waals surface area contributed by atoms with Gasteiger partial charge in [-0.3, -0.25) is 4.79 Å². The summed E-state index contributed by atoms with van der Waals surface area (Å²) in [4.78, 5) is 27.1. The van der Waals surface area contributed by atoms with E-state index in [-0.39, 0.29) is 24.5 Å². The molecule has 0 unspecified atom stereocenters. The van der Waals surface area contributed by atoms with Crippen molar-refractivity contribution in [2.45, 2.75) is 57.8 Å². The van der Waals surface area contributed by atoms with E-state index in [0.717, 1.165) is 4.88 Å². The van der Waals surface area contributed by atoms with Crippen LogP contribution in [-0.4, -0.2) is 41.6 Å². The maximum Gasteiger partial charge on any atom is 0.410 e. The molecule has 2 aliphatic rings. The smallest absolute Gasteiger partial charge is 0.410 e. The van der Waals surface area contributed by atoms with Gasteiger partial charge < -0.3 is 14.4 Å². The fraction of sp³-hybridized carbons (Fsp3) is 0.647. The molecule has 5 nitrogen and oxygen atoms in total. The SMILES string of the molecule is C[C@H]1C[C@@]2(CCN1C(=O)OC(C)(C)C)OCC(=O)c1cc(Cl)sc12. The number of ketones is 1. The average Bonchev–Trinajstić information content (AvgIpc) is 2.85. The summed E-state index contributed by atoms with van der Waals surface area (Å²) in [6, 6.07) is 1.69. The molecule has 3 heterocycles. The second kappa shape index (κ2) is 6.00. The molecule has 132 valence electrons. The van der Waals surface area contributed by atoms with Gasteiger partial charge in [-0.1, -0.05) is 11.6 Å². The van der Waals surface area contributed by atoms with Gasteiger partial charge >= 0.3 is 6.09 Å². The topological polar surface area (TPSA) is 55.8 Å². The highest BCUT2D eigenvalue weighted by Gasteiger charge is 2.48. The molecule has 0 radical (unpaired) electrons. The quantitative estimate of drug-likeness (QED) is 0.684. The number of nitrogens with zero attached hydrogens (tertiary/aromatic N) is 1. The molecule has 1 aromatic heterocycles. The largest absolute Gasteiger partial charge is 0.444 e. The average molecular weight is 372 g/mol. The maximum absolute atomic E-state index is 12.4. The van der Waals surface area contributed by atoms with E-state index in [1.54, 1.807) is 11.0 Å². The van der Waals surface area contributed by atoms with Crippen LogP contribution < -0.4 is 0 Å². The second-order valence-electron chi connectivity index (χ2n) is 7.48. The molecule has 7 heteroatoms. The summed E-state index contributed by atoms with van der Waals surface area (Å²) in [6.45, 7) is 8.16. The molecule has 2 atom stereocenters. The third-order valence-corrected chi connectivity index (χ3v) is 5.89. The Morgan fingerprint density at radius 2 is 2.21 bits per heavy atom. The van der Waals surface area contributed by atoms with Crippen LogP contribution in [0.15, 0.2) is 6.07 Å². The van der Waals surface area contributed by atoms with Crippen LogP contribution in [0.2, 0.25) is 4.34 Å².